The highest BCUT2D eigenvalue weighted by Gasteiger charge is 2.38. The van der Waals surface area contributed by atoms with Crippen LogP contribution in [0.4, 0.5) is 0 Å². The molecular formula is C18H25N3O5S. The van der Waals surface area contributed by atoms with Gasteiger partial charge in [-0.25, -0.2) is 12.7 Å². The maximum Gasteiger partial charge on any atom is 0.247 e. The first kappa shape index (κ1) is 19.6. The number of nitrogens with zero attached hydrogens (tertiary/aromatic N) is 2. The third-order valence-corrected chi connectivity index (χ3v) is 6.50. The number of nitrogens with one attached hydrogen (secondary N) is 1. The summed E-state index contributed by atoms with van der Waals surface area (Å²) in [5.41, 5.74) is 0.731. The van der Waals surface area contributed by atoms with Gasteiger partial charge in [0.15, 0.2) is 0 Å². The number of methoxy groups -OCH3 is 1. The molecule has 0 radical (unpaired) electrons. The zero-order valence-corrected chi connectivity index (χ0v) is 16.4. The molecular weight excluding hydrogens is 370 g/mol. The molecule has 0 spiro atoms. The summed E-state index contributed by atoms with van der Waals surface area (Å²) in [7, 11) is -1.67. The van der Waals surface area contributed by atoms with E-state index in [0.29, 0.717) is 44.8 Å². The summed E-state index contributed by atoms with van der Waals surface area (Å²) < 4.78 is 29.9. The van der Waals surface area contributed by atoms with Crippen LogP contribution in [0, 0.1) is 5.92 Å². The Morgan fingerprint density at radius 1 is 1.15 bits per heavy atom. The van der Waals surface area contributed by atoms with Crippen molar-refractivity contribution in [1.82, 2.24) is 14.5 Å². The lowest BCUT2D eigenvalue weighted by Gasteiger charge is -2.39. The molecule has 0 aromatic heterocycles. The van der Waals surface area contributed by atoms with Crippen molar-refractivity contribution in [3.63, 3.8) is 0 Å². The van der Waals surface area contributed by atoms with Crippen LogP contribution in [0.15, 0.2) is 24.3 Å². The van der Waals surface area contributed by atoms with E-state index in [1.54, 1.807) is 36.3 Å². The molecule has 0 aliphatic carbocycles. The van der Waals surface area contributed by atoms with Crippen molar-refractivity contribution in [2.24, 2.45) is 5.92 Å². The first-order valence-corrected chi connectivity index (χ1v) is 10.8. The SMILES string of the molecule is COc1ccc(C2C(=O)NCCN2C(=O)C2CCN(S(C)(=O)=O)CC2)cc1. The van der Waals surface area contributed by atoms with Crippen molar-refractivity contribution >= 4 is 21.8 Å². The summed E-state index contributed by atoms with van der Waals surface area (Å²) in [6, 6.07) is 6.45. The number of rotatable bonds is 4. The lowest BCUT2D eigenvalue weighted by molar-refractivity contribution is -0.147. The van der Waals surface area contributed by atoms with Gasteiger partial charge in [-0.3, -0.25) is 9.59 Å². The van der Waals surface area contributed by atoms with E-state index in [1.807, 2.05) is 0 Å². The second kappa shape index (κ2) is 7.85. The van der Waals surface area contributed by atoms with Gasteiger partial charge in [0.25, 0.3) is 0 Å². The summed E-state index contributed by atoms with van der Waals surface area (Å²) in [6.07, 6.45) is 2.13. The number of sulfonamides is 1. The Bertz CT molecular complexity index is 801. The van der Waals surface area contributed by atoms with E-state index in [9.17, 15) is 18.0 Å². The molecule has 2 fully saturated rings. The molecule has 1 aromatic carbocycles. The topological polar surface area (TPSA) is 96.0 Å². The Hall–Kier alpha value is -2.13. The monoisotopic (exact) mass is 395 g/mol. The third-order valence-electron chi connectivity index (χ3n) is 5.20. The lowest BCUT2D eigenvalue weighted by atomic mass is 9.93. The van der Waals surface area contributed by atoms with Gasteiger partial charge in [-0.05, 0) is 30.5 Å². The molecule has 9 heteroatoms. The minimum absolute atomic E-state index is 0.0844. The summed E-state index contributed by atoms with van der Waals surface area (Å²) in [5.74, 6) is 0.128. The highest BCUT2D eigenvalue weighted by atomic mass is 32.2. The quantitative estimate of drug-likeness (QED) is 0.795. The van der Waals surface area contributed by atoms with E-state index in [0.717, 1.165) is 5.56 Å². The molecule has 0 saturated carbocycles. The smallest absolute Gasteiger partial charge is 0.247 e. The Kier molecular flexibility index (Phi) is 5.71. The molecule has 2 aliphatic heterocycles. The van der Waals surface area contributed by atoms with Gasteiger partial charge in [0, 0.05) is 32.1 Å². The molecule has 1 N–H and O–H groups in total. The van der Waals surface area contributed by atoms with Crippen molar-refractivity contribution in [3.05, 3.63) is 29.8 Å². The van der Waals surface area contributed by atoms with E-state index in [-0.39, 0.29) is 17.7 Å². The van der Waals surface area contributed by atoms with Gasteiger partial charge in [0.1, 0.15) is 11.8 Å². The molecule has 3 rings (SSSR count). The maximum absolute atomic E-state index is 13.1. The fourth-order valence-corrected chi connectivity index (χ4v) is 4.56. The second-order valence-electron chi connectivity index (χ2n) is 6.93. The molecule has 8 nitrogen and oxygen atoms in total. The molecule has 27 heavy (non-hydrogen) atoms. The molecule has 148 valence electrons. The predicted octanol–water partition coefficient (Wildman–Crippen LogP) is 0.366. The van der Waals surface area contributed by atoms with Crippen molar-refractivity contribution in [2.45, 2.75) is 18.9 Å². The molecule has 1 unspecified atom stereocenters. The predicted molar refractivity (Wildman–Crippen MR) is 99.6 cm³/mol. The number of amides is 2. The van der Waals surface area contributed by atoms with Crippen molar-refractivity contribution in [3.8, 4) is 5.75 Å². The van der Waals surface area contributed by atoms with Crippen LogP contribution >= 0.6 is 0 Å². The fourth-order valence-electron chi connectivity index (χ4n) is 3.69. The average Bonchev–Trinajstić information content (AvgIpc) is 2.67. The lowest BCUT2D eigenvalue weighted by Crippen LogP contribution is -2.54. The van der Waals surface area contributed by atoms with Gasteiger partial charge >= 0.3 is 0 Å². The van der Waals surface area contributed by atoms with E-state index < -0.39 is 16.1 Å². The summed E-state index contributed by atoms with van der Waals surface area (Å²) in [6.45, 7) is 1.53. The Labute approximate surface area is 159 Å². The summed E-state index contributed by atoms with van der Waals surface area (Å²) >= 11 is 0. The molecule has 2 heterocycles. The van der Waals surface area contributed by atoms with Crippen LogP contribution in [0.25, 0.3) is 0 Å². The van der Waals surface area contributed by atoms with E-state index in [4.69, 9.17) is 4.74 Å². The Balaban J connectivity index is 1.76. The number of benzene rings is 1. The zero-order chi connectivity index (χ0) is 19.6. The molecule has 1 atom stereocenters. The van der Waals surface area contributed by atoms with Crippen molar-refractivity contribution in [1.29, 1.82) is 0 Å². The maximum atomic E-state index is 13.1. The second-order valence-corrected chi connectivity index (χ2v) is 8.92. The number of carbonyl (C=O) groups is 2. The number of hydrogen-bond donors (Lipinski definition) is 1. The highest BCUT2D eigenvalue weighted by molar-refractivity contribution is 7.88. The normalized spacial score (nSPS) is 22.4. The first-order valence-electron chi connectivity index (χ1n) is 8.98. The van der Waals surface area contributed by atoms with Gasteiger partial charge in [-0.2, -0.15) is 0 Å². The van der Waals surface area contributed by atoms with Crippen LogP contribution in [-0.2, 0) is 19.6 Å². The van der Waals surface area contributed by atoms with Gasteiger partial charge in [-0.1, -0.05) is 12.1 Å². The number of piperazine rings is 1. The van der Waals surface area contributed by atoms with E-state index >= 15 is 0 Å². The third kappa shape index (κ3) is 4.24. The zero-order valence-electron chi connectivity index (χ0n) is 15.6. The van der Waals surface area contributed by atoms with E-state index in [1.165, 1.54) is 10.6 Å². The summed E-state index contributed by atoms with van der Waals surface area (Å²) in [4.78, 5) is 27.2. The number of piperidine rings is 1. The van der Waals surface area contributed by atoms with Gasteiger partial charge in [-0.15, -0.1) is 0 Å². The average molecular weight is 395 g/mol. The van der Waals surface area contributed by atoms with Crippen LogP contribution < -0.4 is 10.1 Å². The number of ether oxygens (including phenoxy) is 1. The largest absolute Gasteiger partial charge is 0.497 e. The van der Waals surface area contributed by atoms with Crippen LogP contribution in [0.1, 0.15) is 24.4 Å². The van der Waals surface area contributed by atoms with Crippen molar-refractivity contribution < 1.29 is 22.7 Å². The van der Waals surface area contributed by atoms with Crippen molar-refractivity contribution in [2.75, 3.05) is 39.5 Å². The minimum atomic E-state index is -3.24. The fraction of sp³-hybridized carbons (Fsp3) is 0.556. The minimum Gasteiger partial charge on any atom is -0.497 e. The van der Waals surface area contributed by atoms with Crippen LogP contribution in [-0.4, -0.2) is 69.0 Å². The van der Waals surface area contributed by atoms with Crippen LogP contribution in [0.5, 0.6) is 5.75 Å². The Morgan fingerprint density at radius 2 is 1.78 bits per heavy atom. The number of carbonyl (C=O) groups excluding carboxylic acids is 2. The van der Waals surface area contributed by atoms with Gasteiger partial charge in [0.05, 0.1) is 13.4 Å². The Morgan fingerprint density at radius 3 is 2.33 bits per heavy atom. The van der Waals surface area contributed by atoms with E-state index in [2.05, 4.69) is 5.32 Å². The molecule has 2 amide bonds. The molecule has 1 aromatic rings. The molecule has 2 saturated heterocycles. The molecule has 2 aliphatic rings. The van der Waals surface area contributed by atoms with Gasteiger partial charge < -0.3 is 15.0 Å². The highest BCUT2D eigenvalue weighted by Crippen LogP contribution is 2.29. The van der Waals surface area contributed by atoms with Crippen LogP contribution in [0.3, 0.4) is 0 Å². The standard InChI is InChI=1S/C18H25N3O5S/c1-26-15-5-3-13(4-6-15)16-17(22)19-9-12-21(16)18(23)14-7-10-20(11-8-14)27(2,24)25/h3-6,14,16H,7-12H2,1-2H3,(H,19,22). The number of hydrogen-bond acceptors (Lipinski definition) is 5. The first-order chi connectivity index (χ1) is 12.8. The van der Waals surface area contributed by atoms with Gasteiger partial charge in [0.2, 0.25) is 21.8 Å². The summed E-state index contributed by atoms with van der Waals surface area (Å²) in [5, 5.41) is 2.82. The van der Waals surface area contributed by atoms with Crippen LogP contribution in [0.2, 0.25) is 0 Å². The molecule has 0 bridgehead atoms.